The number of alkyl halides is 3. The van der Waals surface area contributed by atoms with E-state index in [-0.39, 0.29) is 6.61 Å². The van der Waals surface area contributed by atoms with Crippen molar-refractivity contribution in [2.24, 2.45) is 0 Å². The molecule has 0 aliphatic carbocycles. The second-order valence-corrected chi connectivity index (χ2v) is 5.63. The Balaban J connectivity index is 1.65. The van der Waals surface area contributed by atoms with Crippen LogP contribution in [0.5, 0.6) is 5.75 Å². The van der Waals surface area contributed by atoms with Crippen LogP contribution in [-0.4, -0.2) is 17.5 Å². The minimum Gasteiger partial charge on any atom is -0.484 e. The lowest BCUT2D eigenvalue weighted by Crippen LogP contribution is -2.20. The van der Waals surface area contributed by atoms with Gasteiger partial charge in [-0.2, -0.15) is 13.2 Å². The molecule has 1 amide bonds. The van der Waals surface area contributed by atoms with Gasteiger partial charge in [0.15, 0.2) is 6.61 Å². The summed E-state index contributed by atoms with van der Waals surface area (Å²) < 4.78 is 43.5. The molecule has 3 rings (SSSR count). The number of hydrogen-bond acceptors (Lipinski definition) is 2. The molecule has 0 aliphatic rings. The number of carbonyl (C=O) groups is 1. The molecule has 1 heterocycles. The average Bonchev–Trinajstić information content (AvgIpc) is 2.98. The molecule has 0 radical (unpaired) electrons. The molecule has 0 fully saturated rings. The summed E-state index contributed by atoms with van der Waals surface area (Å²) in [5.41, 5.74) is 1.00. The highest BCUT2D eigenvalue weighted by molar-refractivity contribution is 5.94. The standard InChI is InChI=1S/C18H15F3N2O2/c1-11-2-5-14(6-3-11)25-10-17(24)22-13-4-7-15-12(8-13)9-16(23-15)18(19,20)21/h2-9,23H,10H2,1H3,(H,22,24). The van der Waals surface area contributed by atoms with Gasteiger partial charge in [-0.25, -0.2) is 0 Å². The van der Waals surface area contributed by atoms with E-state index in [4.69, 9.17) is 4.74 Å². The number of amides is 1. The van der Waals surface area contributed by atoms with E-state index in [0.29, 0.717) is 22.3 Å². The number of aromatic nitrogens is 1. The summed E-state index contributed by atoms with van der Waals surface area (Å²) in [5.74, 6) is 0.170. The van der Waals surface area contributed by atoms with Gasteiger partial charge in [0, 0.05) is 16.6 Å². The van der Waals surface area contributed by atoms with E-state index in [2.05, 4.69) is 10.3 Å². The molecule has 0 atom stereocenters. The Labute approximate surface area is 141 Å². The number of nitrogens with one attached hydrogen (secondary N) is 2. The Bertz CT molecular complexity index is 899. The fourth-order valence-corrected chi connectivity index (χ4v) is 2.34. The number of aromatic amines is 1. The zero-order valence-electron chi connectivity index (χ0n) is 13.3. The van der Waals surface area contributed by atoms with Gasteiger partial charge in [0.1, 0.15) is 11.4 Å². The molecule has 7 heteroatoms. The van der Waals surface area contributed by atoms with Crippen LogP contribution in [-0.2, 0) is 11.0 Å². The summed E-state index contributed by atoms with van der Waals surface area (Å²) in [6, 6.07) is 12.7. The zero-order chi connectivity index (χ0) is 18.0. The van der Waals surface area contributed by atoms with Crippen molar-refractivity contribution in [2.45, 2.75) is 13.1 Å². The Morgan fingerprint density at radius 3 is 2.52 bits per heavy atom. The number of anilines is 1. The zero-order valence-corrected chi connectivity index (χ0v) is 13.3. The third-order valence-corrected chi connectivity index (χ3v) is 3.60. The Morgan fingerprint density at radius 1 is 1.12 bits per heavy atom. The van der Waals surface area contributed by atoms with Crippen molar-refractivity contribution in [1.29, 1.82) is 0 Å². The third kappa shape index (κ3) is 4.12. The van der Waals surface area contributed by atoms with E-state index < -0.39 is 17.8 Å². The lowest BCUT2D eigenvalue weighted by atomic mass is 10.2. The monoisotopic (exact) mass is 348 g/mol. The number of fused-ring (bicyclic) bond motifs is 1. The summed E-state index contributed by atoms with van der Waals surface area (Å²) >= 11 is 0. The first kappa shape index (κ1) is 16.9. The molecular formula is C18H15F3N2O2. The van der Waals surface area contributed by atoms with E-state index >= 15 is 0 Å². The van der Waals surface area contributed by atoms with Gasteiger partial charge in [0.05, 0.1) is 0 Å². The van der Waals surface area contributed by atoms with Gasteiger partial charge in [-0.05, 0) is 43.3 Å². The van der Waals surface area contributed by atoms with E-state index in [1.165, 1.54) is 18.2 Å². The minimum absolute atomic E-state index is 0.192. The number of halogens is 3. The van der Waals surface area contributed by atoms with E-state index in [1.807, 2.05) is 19.1 Å². The van der Waals surface area contributed by atoms with Gasteiger partial charge in [-0.3, -0.25) is 4.79 Å². The molecule has 0 spiro atoms. The fraction of sp³-hybridized carbons (Fsp3) is 0.167. The molecule has 0 bridgehead atoms. The van der Waals surface area contributed by atoms with Crippen molar-refractivity contribution < 1.29 is 22.7 Å². The molecule has 0 unspecified atom stereocenters. The number of benzene rings is 2. The van der Waals surface area contributed by atoms with Gasteiger partial charge in [0.25, 0.3) is 5.91 Å². The lowest BCUT2D eigenvalue weighted by Gasteiger charge is -2.08. The molecule has 2 aromatic carbocycles. The summed E-state index contributed by atoms with van der Waals surface area (Å²) in [5, 5.41) is 2.97. The summed E-state index contributed by atoms with van der Waals surface area (Å²) in [4.78, 5) is 14.2. The lowest BCUT2D eigenvalue weighted by molar-refractivity contribution is -0.140. The first-order valence-corrected chi connectivity index (χ1v) is 7.50. The SMILES string of the molecule is Cc1ccc(OCC(=O)Nc2ccc3[nH]c(C(F)(F)F)cc3c2)cc1. The highest BCUT2D eigenvalue weighted by atomic mass is 19.4. The predicted molar refractivity (Wildman–Crippen MR) is 88.6 cm³/mol. The molecule has 1 aromatic heterocycles. The second kappa shape index (κ2) is 6.51. The molecular weight excluding hydrogens is 333 g/mol. The van der Waals surface area contributed by atoms with Gasteiger partial charge in [-0.15, -0.1) is 0 Å². The second-order valence-electron chi connectivity index (χ2n) is 5.63. The third-order valence-electron chi connectivity index (χ3n) is 3.60. The van der Waals surface area contributed by atoms with E-state index in [9.17, 15) is 18.0 Å². The van der Waals surface area contributed by atoms with Crippen LogP contribution in [0.15, 0.2) is 48.5 Å². The van der Waals surface area contributed by atoms with Crippen LogP contribution >= 0.6 is 0 Å². The average molecular weight is 348 g/mol. The number of rotatable bonds is 4. The van der Waals surface area contributed by atoms with Crippen molar-refractivity contribution in [3.8, 4) is 5.75 Å². The van der Waals surface area contributed by atoms with Crippen LogP contribution in [0, 0.1) is 6.92 Å². The van der Waals surface area contributed by atoms with Gasteiger partial charge < -0.3 is 15.0 Å². The van der Waals surface area contributed by atoms with Crippen LogP contribution < -0.4 is 10.1 Å². The normalized spacial score (nSPS) is 11.5. The van der Waals surface area contributed by atoms with Gasteiger partial charge in [0.2, 0.25) is 0 Å². The van der Waals surface area contributed by atoms with E-state index in [1.54, 1.807) is 12.1 Å². The Kier molecular flexibility index (Phi) is 4.39. The number of ether oxygens (including phenoxy) is 1. The molecule has 0 aliphatic heterocycles. The van der Waals surface area contributed by atoms with Crippen LogP contribution in [0.2, 0.25) is 0 Å². The Hall–Kier alpha value is -2.96. The highest BCUT2D eigenvalue weighted by Gasteiger charge is 2.32. The molecule has 0 saturated heterocycles. The summed E-state index contributed by atoms with van der Waals surface area (Å²) in [7, 11) is 0. The molecule has 3 aromatic rings. The number of carbonyl (C=O) groups excluding carboxylic acids is 1. The largest absolute Gasteiger partial charge is 0.484 e. The van der Waals surface area contributed by atoms with Crippen molar-refractivity contribution in [1.82, 2.24) is 4.98 Å². The van der Waals surface area contributed by atoms with Gasteiger partial charge in [-0.1, -0.05) is 17.7 Å². The summed E-state index contributed by atoms with van der Waals surface area (Å²) in [6.07, 6.45) is -4.44. The topological polar surface area (TPSA) is 54.1 Å². The van der Waals surface area contributed by atoms with Crippen LogP contribution in [0.4, 0.5) is 18.9 Å². The summed E-state index contributed by atoms with van der Waals surface area (Å²) in [6.45, 7) is 1.75. The van der Waals surface area contributed by atoms with E-state index in [0.717, 1.165) is 11.6 Å². The van der Waals surface area contributed by atoms with Gasteiger partial charge >= 0.3 is 6.18 Å². The number of H-pyrrole nitrogens is 1. The van der Waals surface area contributed by atoms with Crippen LogP contribution in [0.25, 0.3) is 10.9 Å². The smallest absolute Gasteiger partial charge is 0.431 e. The Morgan fingerprint density at radius 2 is 1.84 bits per heavy atom. The molecule has 0 saturated carbocycles. The first-order chi connectivity index (χ1) is 11.8. The maximum atomic E-state index is 12.7. The van der Waals surface area contributed by atoms with Crippen molar-refractivity contribution in [2.75, 3.05) is 11.9 Å². The quantitative estimate of drug-likeness (QED) is 0.729. The minimum atomic E-state index is -4.44. The highest BCUT2D eigenvalue weighted by Crippen LogP contribution is 2.31. The van der Waals surface area contributed by atoms with Crippen LogP contribution in [0.1, 0.15) is 11.3 Å². The maximum Gasteiger partial charge on any atom is 0.431 e. The first-order valence-electron chi connectivity index (χ1n) is 7.50. The predicted octanol–water partition coefficient (Wildman–Crippen LogP) is 4.51. The van der Waals surface area contributed by atoms with Crippen molar-refractivity contribution in [3.63, 3.8) is 0 Å². The molecule has 25 heavy (non-hydrogen) atoms. The maximum absolute atomic E-state index is 12.7. The van der Waals surface area contributed by atoms with Crippen molar-refractivity contribution >= 4 is 22.5 Å². The molecule has 4 nitrogen and oxygen atoms in total. The molecule has 2 N–H and O–H groups in total. The fourth-order valence-electron chi connectivity index (χ4n) is 2.34. The van der Waals surface area contributed by atoms with Crippen LogP contribution in [0.3, 0.4) is 0 Å². The molecule has 130 valence electrons. The van der Waals surface area contributed by atoms with Crippen molar-refractivity contribution in [3.05, 3.63) is 59.8 Å². The number of aryl methyl sites for hydroxylation is 1. The number of hydrogen-bond donors (Lipinski definition) is 2.